The third kappa shape index (κ3) is 4.09. The number of imidazole rings is 1. The lowest BCUT2D eigenvalue weighted by Crippen LogP contribution is -2.29. The van der Waals surface area contributed by atoms with Gasteiger partial charge >= 0.3 is 0 Å². The number of hydrogen-bond acceptors (Lipinski definition) is 4. The number of aromatic nitrogens is 3. The van der Waals surface area contributed by atoms with Gasteiger partial charge in [-0.2, -0.15) is 4.31 Å². The highest BCUT2D eigenvalue weighted by molar-refractivity contribution is 7.89. The zero-order valence-corrected chi connectivity index (χ0v) is 17.7. The molecule has 0 bridgehead atoms. The molecule has 9 heteroatoms. The summed E-state index contributed by atoms with van der Waals surface area (Å²) in [4.78, 5) is 8.84. The summed E-state index contributed by atoms with van der Waals surface area (Å²) in [6, 6.07) is 6.16. The van der Waals surface area contributed by atoms with Crippen molar-refractivity contribution in [3.63, 3.8) is 0 Å². The second kappa shape index (κ2) is 8.03. The smallest absolute Gasteiger partial charge is 0.243 e. The molecule has 6 nitrogen and oxygen atoms in total. The maximum Gasteiger partial charge on any atom is 0.243 e. The molecule has 1 aliphatic heterocycles. The molecule has 0 unspecified atom stereocenters. The van der Waals surface area contributed by atoms with Gasteiger partial charge in [0.1, 0.15) is 23.0 Å². The molecule has 1 atom stereocenters. The van der Waals surface area contributed by atoms with Gasteiger partial charge in [-0.3, -0.25) is 0 Å². The van der Waals surface area contributed by atoms with Gasteiger partial charge in [-0.05, 0) is 42.5 Å². The average molecular weight is 435 g/mol. The zero-order chi connectivity index (χ0) is 21.5. The minimum atomic E-state index is -3.95. The summed E-state index contributed by atoms with van der Waals surface area (Å²) in [7, 11) is -3.95. The van der Waals surface area contributed by atoms with Crippen LogP contribution in [0.5, 0.6) is 0 Å². The molecule has 0 saturated carbocycles. The number of benzene rings is 1. The van der Waals surface area contributed by atoms with Crippen LogP contribution < -0.4 is 0 Å². The molecule has 1 fully saturated rings. The van der Waals surface area contributed by atoms with Crippen LogP contribution in [0, 0.1) is 23.5 Å². The molecule has 0 N–H and O–H groups in total. The summed E-state index contributed by atoms with van der Waals surface area (Å²) in [5.41, 5.74) is 1.66. The highest BCUT2D eigenvalue weighted by Crippen LogP contribution is 2.28. The van der Waals surface area contributed by atoms with E-state index < -0.39 is 21.7 Å². The van der Waals surface area contributed by atoms with Crippen molar-refractivity contribution < 1.29 is 17.2 Å². The fourth-order valence-corrected chi connectivity index (χ4v) is 5.56. The van der Waals surface area contributed by atoms with E-state index in [0.29, 0.717) is 37.9 Å². The zero-order valence-electron chi connectivity index (χ0n) is 16.9. The van der Waals surface area contributed by atoms with Gasteiger partial charge < -0.3 is 4.57 Å². The Labute approximate surface area is 174 Å². The van der Waals surface area contributed by atoms with Crippen LogP contribution in [0.2, 0.25) is 0 Å². The van der Waals surface area contributed by atoms with E-state index in [9.17, 15) is 17.2 Å². The number of fused-ring (bicyclic) bond motifs is 1. The molecule has 1 aromatic carbocycles. The first kappa shape index (κ1) is 20.9. The summed E-state index contributed by atoms with van der Waals surface area (Å²) in [5.74, 6) is -0.440. The maximum atomic E-state index is 13.5. The van der Waals surface area contributed by atoms with Crippen LogP contribution in [-0.2, 0) is 23.0 Å². The lowest BCUT2D eigenvalue weighted by atomic mass is 10.0. The minimum Gasteiger partial charge on any atom is -0.312 e. The van der Waals surface area contributed by atoms with Gasteiger partial charge in [0.2, 0.25) is 10.0 Å². The summed E-state index contributed by atoms with van der Waals surface area (Å²) in [6.45, 7) is 5.63. The van der Waals surface area contributed by atoms with Crippen molar-refractivity contribution in [2.75, 3.05) is 13.1 Å². The normalized spacial score (nSPS) is 18.0. The van der Waals surface area contributed by atoms with Crippen molar-refractivity contribution in [2.45, 2.75) is 38.1 Å². The number of sulfonamides is 1. The molecule has 0 aliphatic carbocycles. The van der Waals surface area contributed by atoms with Crippen molar-refractivity contribution >= 4 is 21.2 Å². The van der Waals surface area contributed by atoms with E-state index in [4.69, 9.17) is 4.98 Å². The largest absolute Gasteiger partial charge is 0.312 e. The first-order valence-electron chi connectivity index (χ1n) is 10.0. The van der Waals surface area contributed by atoms with Crippen LogP contribution >= 0.6 is 0 Å². The Hall–Kier alpha value is -2.39. The van der Waals surface area contributed by atoms with Crippen molar-refractivity contribution in [1.29, 1.82) is 0 Å². The van der Waals surface area contributed by atoms with E-state index in [1.165, 1.54) is 4.31 Å². The SMILES string of the molecule is CC(C)Cn1c(C[C@@H]2CCN(S(=O)(=O)c3cc(F)cc(F)c3)C2)nc2cccnc21. The Kier molecular flexibility index (Phi) is 5.59. The average Bonchev–Trinajstić information content (AvgIpc) is 3.27. The predicted molar refractivity (Wildman–Crippen MR) is 109 cm³/mol. The Balaban J connectivity index is 1.56. The van der Waals surface area contributed by atoms with Crippen LogP contribution in [0.25, 0.3) is 11.2 Å². The van der Waals surface area contributed by atoms with E-state index in [2.05, 4.69) is 23.4 Å². The van der Waals surface area contributed by atoms with Crippen molar-refractivity contribution in [3.8, 4) is 0 Å². The lowest BCUT2D eigenvalue weighted by Gasteiger charge is -2.17. The quantitative estimate of drug-likeness (QED) is 0.594. The van der Waals surface area contributed by atoms with Crippen LogP contribution in [0.4, 0.5) is 8.78 Å². The van der Waals surface area contributed by atoms with Gasteiger partial charge in [0.05, 0.1) is 4.90 Å². The Morgan fingerprint density at radius 1 is 1.20 bits per heavy atom. The monoisotopic (exact) mass is 434 g/mol. The number of halogens is 2. The third-order valence-corrected chi connectivity index (χ3v) is 7.17. The molecule has 1 aliphatic rings. The van der Waals surface area contributed by atoms with Gasteiger partial charge in [-0.1, -0.05) is 13.8 Å². The fraction of sp³-hybridized carbons (Fsp3) is 0.429. The summed E-state index contributed by atoms with van der Waals surface area (Å²) in [5, 5.41) is 0. The molecular weight excluding hydrogens is 410 g/mol. The van der Waals surface area contributed by atoms with Crippen LogP contribution in [0.15, 0.2) is 41.4 Å². The summed E-state index contributed by atoms with van der Waals surface area (Å²) < 4.78 is 56.2. The molecule has 0 radical (unpaired) electrons. The third-order valence-electron chi connectivity index (χ3n) is 5.32. The van der Waals surface area contributed by atoms with Gasteiger partial charge in [0, 0.05) is 38.3 Å². The van der Waals surface area contributed by atoms with Crippen molar-refractivity contribution in [2.24, 2.45) is 11.8 Å². The van der Waals surface area contributed by atoms with Crippen molar-refractivity contribution in [1.82, 2.24) is 18.8 Å². The number of hydrogen-bond donors (Lipinski definition) is 0. The second-order valence-corrected chi connectivity index (χ2v) is 10.1. The maximum absolute atomic E-state index is 13.5. The van der Waals surface area contributed by atoms with Crippen LogP contribution in [-0.4, -0.2) is 40.3 Å². The van der Waals surface area contributed by atoms with E-state index in [1.54, 1.807) is 6.20 Å². The van der Waals surface area contributed by atoms with Crippen LogP contribution in [0.3, 0.4) is 0 Å². The predicted octanol–water partition coefficient (Wildman–Crippen LogP) is 3.62. The highest BCUT2D eigenvalue weighted by atomic mass is 32.2. The standard InChI is InChI=1S/C21H24F2N4O2S/c1-14(2)12-27-20(25-19-4-3-6-24-21(19)27)8-15-5-7-26(13-15)30(28,29)18-10-16(22)9-17(23)11-18/h3-4,6,9-11,14-15H,5,7-8,12-13H2,1-2H3/t15-/m0/s1. The first-order chi connectivity index (χ1) is 14.2. The second-order valence-electron chi connectivity index (χ2n) is 8.21. The molecule has 4 rings (SSSR count). The van der Waals surface area contributed by atoms with Crippen LogP contribution in [0.1, 0.15) is 26.1 Å². The highest BCUT2D eigenvalue weighted by Gasteiger charge is 2.34. The molecule has 0 spiro atoms. The topological polar surface area (TPSA) is 68.1 Å². The van der Waals surface area contributed by atoms with E-state index in [0.717, 1.165) is 35.7 Å². The van der Waals surface area contributed by atoms with E-state index in [1.807, 2.05) is 12.1 Å². The van der Waals surface area contributed by atoms with E-state index >= 15 is 0 Å². The number of nitrogens with zero attached hydrogens (tertiary/aromatic N) is 4. The molecule has 2 aromatic heterocycles. The lowest BCUT2D eigenvalue weighted by molar-refractivity contribution is 0.443. The molecule has 30 heavy (non-hydrogen) atoms. The minimum absolute atomic E-state index is 0.0703. The molecule has 160 valence electrons. The Bertz CT molecular complexity index is 1160. The van der Waals surface area contributed by atoms with E-state index in [-0.39, 0.29) is 10.8 Å². The molecule has 3 heterocycles. The van der Waals surface area contributed by atoms with Crippen molar-refractivity contribution in [3.05, 3.63) is 54.0 Å². The molecule has 0 amide bonds. The molecular formula is C21H24F2N4O2S. The Morgan fingerprint density at radius 3 is 2.63 bits per heavy atom. The fourth-order valence-electron chi connectivity index (χ4n) is 3.98. The molecule has 3 aromatic rings. The van der Waals surface area contributed by atoms with Gasteiger partial charge in [-0.25, -0.2) is 27.2 Å². The van der Waals surface area contributed by atoms with Gasteiger partial charge in [0.25, 0.3) is 0 Å². The summed E-state index contributed by atoms with van der Waals surface area (Å²) >= 11 is 0. The molecule has 1 saturated heterocycles. The first-order valence-corrected chi connectivity index (χ1v) is 11.4. The Morgan fingerprint density at radius 2 is 1.93 bits per heavy atom. The van der Waals surface area contributed by atoms with Gasteiger partial charge in [-0.15, -0.1) is 0 Å². The number of rotatable bonds is 6. The van der Waals surface area contributed by atoms with Gasteiger partial charge in [0.15, 0.2) is 5.65 Å². The summed E-state index contributed by atoms with van der Waals surface area (Å²) in [6.07, 6.45) is 3.02. The number of pyridine rings is 1.